The van der Waals surface area contributed by atoms with E-state index in [4.69, 9.17) is 18.9 Å². The first-order valence-electron chi connectivity index (χ1n) is 17.4. The zero-order valence-electron chi connectivity index (χ0n) is 28.2. The molecule has 9 N–H and O–H groups in total. The molecule has 0 aromatic rings. The molecule has 16 heteroatoms. The molecule has 2 aliphatic heterocycles. The second-order valence-corrected chi connectivity index (χ2v) is 12.5. The number of likely N-dealkylation sites (N-methyl/N-ethyl adjacent to an activating group) is 1. The van der Waals surface area contributed by atoms with Gasteiger partial charge in [0, 0.05) is 13.2 Å². The Balaban J connectivity index is 1.88. The van der Waals surface area contributed by atoms with E-state index < -0.39 is 85.3 Å². The topological polar surface area (TPSA) is 254 Å². The summed E-state index contributed by atoms with van der Waals surface area (Å²) in [5, 5.41) is 77.2. The molecule has 16 nitrogen and oxygen atoms in total. The lowest BCUT2D eigenvalue weighted by Crippen LogP contribution is -2.66. The minimum atomic E-state index is -1.97. The van der Waals surface area contributed by atoms with Gasteiger partial charge in [-0.15, -0.1) is 0 Å². The van der Waals surface area contributed by atoms with E-state index in [1.807, 2.05) is 0 Å². The van der Waals surface area contributed by atoms with E-state index >= 15 is 0 Å². The average Bonchev–Trinajstić information content (AvgIpc) is 3.05. The summed E-state index contributed by atoms with van der Waals surface area (Å²) in [5.74, 6) is -3.44. The number of unbranched alkanes of at least 4 members (excludes halogenated alkanes) is 10. The molecule has 2 saturated heterocycles. The van der Waals surface area contributed by atoms with Crippen molar-refractivity contribution in [3.05, 3.63) is 0 Å². The summed E-state index contributed by atoms with van der Waals surface area (Å²) in [6.07, 6.45) is -6.15. The van der Waals surface area contributed by atoms with Gasteiger partial charge in [0.25, 0.3) is 5.91 Å². The number of carbonyl (C=O) groups is 3. The first-order valence-corrected chi connectivity index (χ1v) is 17.4. The number of carbonyl (C=O) groups excluding carboxylic acids is 1. The maximum atomic E-state index is 12.8. The molecule has 0 bridgehead atoms. The van der Waals surface area contributed by atoms with Crippen molar-refractivity contribution in [1.29, 1.82) is 0 Å². The van der Waals surface area contributed by atoms with Gasteiger partial charge in [0.05, 0.1) is 0 Å². The van der Waals surface area contributed by atoms with Gasteiger partial charge < -0.3 is 65.3 Å². The Hall–Kier alpha value is -1.99. The molecule has 11 atom stereocenters. The van der Waals surface area contributed by atoms with Gasteiger partial charge in [-0.1, -0.05) is 71.6 Å². The predicted molar refractivity (Wildman–Crippen MR) is 170 cm³/mol. The van der Waals surface area contributed by atoms with Crippen LogP contribution in [0.4, 0.5) is 0 Å². The number of aliphatic hydroxyl groups excluding tert-OH is 5. The first kappa shape index (κ1) is 42.2. The van der Waals surface area contributed by atoms with Crippen molar-refractivity contribution >= 4 is 17.8 Å². The molecule has 2 heterocycles. The molecule has 1 amide bonds. The first-order chi connectivity index (χ1) is 22.9. The van der Waals surface area contributed by atoms with Crippen molar-refractivity contribution in [2.24, 2.45) is 0 Å². The van der Waals surface area contributed by atoms with Crippen molar-refractivity contribution < 1.29 is 69.1 Å². The summed E-state index contributed by atoms with van der Waals surface area (Å²) in [4.78, 5) is 36.1. The van der Waals surface area contributed by atoms with Crippen LogP contribution in [0.2, 0.25) is 0 Å². The number of hydrogen-bond acceptors (Lipinski definition) is 13. The Morgan fingerprint density at radius 3 is 1.85 bits per heavy atom. The van der Waals surface area contributed by atoms with Gasteiger partial charge >= 0.3 is 11.9 Å². The highest BCUT2D eigenvalue weighted by molar-refractivity contribution is 5.81. The zero-order chi connectivity index (χ0) is 35.6. The van der Waals surface area contributed by atoms with Crippen LogP contribution in [-0.2, 0) is 33.3 Å². The number of hydrogen-bond donors (Lipinski definition) is 9. The quantitative estimate of drug-likeness (QED) is 0.0603. The fourth-order valence-corrected chi connectivity index (χ4v) is 5.79. The number of ether oxygens (including phenoxy) is 4. The molecular weight excluding hydrogens is 636 g/mol. The zero-order valence-corrected chi connectivity index (χ0v) is 28.2. The number of rotatable bonds is 24. The van der Waals surface area contributed by atoms with Crippen LogP contribution in [0.1, 0.15) is 97.3 Å². The Morgan fingerprint density at radius 2 is 1.27 bits per heavy atom. The second-order valence-electron chi connectivity index (χ2n) is 12.5. The summed E-state index contributed by atoms with van der Waals surface area (Å²) in [7, 11) is 0. The van der Waals surface area contributed by atoms with E-state index in [0.717, 1.165) is 25.7 Å². The van der Waals surface area contributed by atoms with Crippen molar-refractivity contribution in [3.63, 3.8) is 0 Å². The number of aliphatic hydroxyl groups is 5. The number of carboxylic acids is 2. The van der Waals surface area contributed by atoms with Crippen molar-refractivity contribution in [1.82, 2.24) is 10.6 Å². The molecule has 280 valence electrons. The summed E-state index contributed by atoms with van der Waals surface area (Å²) < 4.78 is 21.9. The average molecular weight is 695 g/mol. The van der Waals surface area contributed by atoms with E-state index in [9.17, 15) is 50.1 Å². The molecule has 0 saturated carbocycles. The lowest BCUT2D eigenvalue weighted by molar-refractivity contribution is -0.349. The fraction of sp³-hybridized carbons (Fsp3) is 0.906. The van der Waals surface area contributed by atoms with Crippen molar-refractivity contribution in [2.75, 3.05) is 19.7 Å². The highest BCUT2D eigenvalue weighted by Crippen LogP contribution is 2.30. The third-order valence-electron chi connectivity index (χ3n) is 8.65. The van der Waals surface area contributed by atoms with Crippen molar-refractivity contribution in [2.45, 2.75) is 165 Å². The minimum absolute atomic E-state index is 0.0804. The summed E-state index contributed by atoms with van der Waals surface area (Å²) in [6, 6.07) is -0.734. The van der Waals surface area contributed by atoms with Crippen molar-refractivity contribution in [3.8, 4) is 0 Å². The molecule has 2 aliphatic rings. The lowest BCUT2D eigenvalue weighted by atomic mass is 9.96. The third kappa shape index (κ3) is 13.4. The number of nitrogens with one attached hydrogen (secondary N) is 2. The van der Waals surface area contributed by atoms with Crippen LogP contribution in [-0.4, -0.2) is 141 Å². The van der Waals surface area contributed by atoms with Gasteiger partial charge in [0.15, 0.2) is 24.8 Å². The Bertz CT molecular complexity index is 944. The molecule has 1 unspecified atom stereocenters. The van der Waals surface area contributed by atoms with Crippen LogP contribution < -0.4 is 10.6 Å². The highest BCUT2D eigenvalue weighted by Gasteiger charge is 2.53. The normalized spacial score (nSPS) is 31.3. The molecular formula is C32H58N2O14. The minimum Gasteiger partial charge on any atom is -0.480 e. The summed E-state index contributed by atoms with van der Waals surface area (Å²) in [6.45, 7) is 4.68. The van der Waals surface area contributed by atoms with E-state index in [-0.39, 0.29) is 13.2 Å². The summed E-state index contributed by atoms with van der Waals surface area (Å²) >= 11 is 0. The second kappa shape index (κ2) is 22.7. The van der Waals surface area contributed by atoms with Crippen LogP contribution in [0, 0.1) is 0 Å². The molecule has 0 aromatic heterocycles. The largest absolute Gasteiger partial charge is 0.480 e. The van der Waals surface area contributed by atoms with Gasteiger partial charge in [-0.2, -0.15) is 0 Å². The predicted octanol–water partition coefficient (Wildman–Crippen LogP) is -0.00280. The van der Waals surface area contributed by atoms with E-state index in [0.29, 0.717) is 32.2 Å². The maximum Gasteiger partial charge on any atom is 0.335 e. The van der Waals surface area contributed by atoms with Gasteiger partial charge in [0.2, 0.25) is 0 Å². The number of carboxylic acid groups (broad SMARTS) is 2. The molecule has 0 aliphatic carbocycles. The fourth-order valence-electron chi connectivity index (χ4n) is 5.79. The third-order valence-corrected chi connectivity index (χ3v) is 8.65. The number of aliphatic carboxylic acids is 2. The van der Waals surface area contributed by atoms with Crippen LogP contribution in [0.5, 0.6) is 0 Å². The van der Waals surface area contributed by atoms with Crippen LogP contribution >= 0.6 is 0 Å². The molecule has 2 fully saturated rings. The van der Waals surface area contributed by atoms with Gasteiger partial charge in [0.1, 0.15) is 42.7 Å². The van der Waals surface area contributed by atoms with E-state index in [1.165, 1.54) is 32.1 Å². The monoisotopic (exact) mass is 694 g/mol. The standard InChI is InChI=1S/C32H58N2O14/c1-3-5-6-7-8-9-10-11-12-15-18-45-31-24(39)22(37)25(27(48-31)30(43)44)46-32-23(38)20(35)21(36)26(47-32)28(40)34-17-14-13-16-19(29(41)42)33-4-2/h19-27,31-33,35-39H,3-18H2,1-2H3,(H,34,40)(H,41,42)(H,43,44)/t19?,20-,21-,22+,23+,24+,25-,26-,27-,31+,32+/m0/s1. The summed E-state index contributed by atoms with van der Waals surface area (Å²) in [5.41, 5.74) is 0. The molecule has 0 spiro atoms. The Morgan fingerprint density at radius 1 is 0.688 bits per heavy atom. The molecule has 0 aromatic carbocycles. The SMILES string of the molecule is CCCCCCCCCCCCO[C@@H]1O[C@H](C(=O)O)[C@@H](O[C@@H]2O[C@H](C(=O)NCCCCC(NCC)C(=O)O)[C@@H](O)[C@H](O)[C@H]2O)[C@H](O)[C@H]1O. The Kier molecular flexibility index (Phi) is 19.9. The lowest BCUT2D eigenvalue weighted by Gasteiger charge is -2.45. The van der Waals surface area contributed by atoms with Gasteiger partial charge in [-0.25, -0.2) is 4.79 Å². The van der Waals surface area contributed by atoms with Crippen LogP contribution in [0.15, 0.2) is 0 Å². The Labute approximate surface area is 282 Å². The van der Waals surface area contributed by atoms with Crippen LogP contribution in [0.3, 0.4) is 0 Å². The molecule has 0 radical (unpaired) electrons. The smallest absolute Gasteiger partial charge is 0.335 e. The highest BCUT2D eigenvalue weighted by atomic mass is 16.7. The molecule has 2 rings (SSSR count). The number of amides is 1. The van der Waals surface area contributed by atoms with Gasteiger partial charge in [-0.3, -0.25) is 9.59 Å². The van der Waals surface area contributed by atoms with E-state index in [1.54, 1.807) is 6.92 Å². The maximum absolute atomic E-state index is 12.8. The van der Waals surface area contributed by atoms with E-state index in [2.05, 4.69) is 17.6 Å². The van der Waals surface area contributed by atoms with Crippen LogP contribution in [0.25, 0.3) is 0 Å². The molecule has 48 heavy (non-hydrogen) atoms. The van der Waals surface area contributed by atoms with Gasteiger partial charge in [-0.05, 0) is 32.2 Å².